The normalized spacial score (nSPS) is 16.2. The molecule has 0 aromatic heterocycles. The second-order valence-corrected chi connectivity index (χ2v) is 15.8. The van der Waals surface area contributed by atoms with Crippen LogP contribution in [-0.2, 0) is 0 Å². The number of rotatable bonds is 8. The molecule has 0 atom stereocenters. The lowest BCUT2D eigenvalue weighted by atomic mass is 9.98. The maximum absolute atomic E-state index is 5.85. The molecule has 0 spiro atoms. The molecule has 0 aliphatic carbocycles. The maximum atomic E-state index is 5.85. The molecule has 0 saturated carbocycles. The summed E-state index contributed by atoms with van der Waals surface area (Å²) in [6.07, 6.45) is 13.2. The van der Waals surface area contributed by atoms with Crippen LogP contribution in [0.2, 0.25) is 0 Å². The van der Waals surface area contributed by atoms with E-state index in [1.807, 2.05) is 94.1 Å². The van der Waals surface area contributed by atoms with Crippen LogP contribution < -0.4 is 9.47 Å². The Morgan fingerprint density at radius 3 is 1.15 bits per heavy atom. The highest BCUT2D eigenvalue weighted by molar-refractivity contribution is 8.41. The van der Waals surface area contributed by atoms with Crippen molar-refractivity contribution in [3.63, 3.8) is 0 Å². The summed E-state index contributed by atoms with van der Waals surface area (Å²) in [4.78, 5) is 0. The van der Waals surface area contributed by atoms with Gasteiger partial charge in [0.15, 0.2) is 0 Å². The van der Waals surface area contributed by atoms with Gasteiger partial charge in [-0.25, -0.2) is 0 Å². The van der Waals surface area contributed by atoms with Crippen LogP contribution in [0.15, 0.2) is 49.7 Å². The van der Waals surface area contributed by atoms with E-state index in [2.05, 4.69) is 61.4 Å². The summed E-state index contributed by atoms with van der Waals surface area (Å²) < 4.78 is 19.7. The fourth-order valence-electron chi connectivity index (χ4n) is 3.51. The van der Waals surface area contributed by atoms with E-state index in [1.54, 1.807) is 14.2 Å². The van der Waals surface area contributed by atoms with Gasteiger partial charge in [-0.2, -0.15) is 0 Å². The lowest BCUT2D eigenvalue weighted by Crippen LogP contribution is -1.94. The van der Waals surface area contributed by atoms with Crippen LogP contribution in [0.3, 0.4) is 0 Å². The van der Waals surface area contributed by atoms with Crippen molar-refractivity contribution >= 4 is 117 Å². The molecule has 34 heavy (non-hydrogen) atoms. The molecule has 2 heterocycles. The van der Waals surface area contributed by atoms with E-state index < -0.39 is 0 Å². The van der Waals surface area contributed by atoms with Crippen LogP contribution in [0.4, 0.5) is 0 Å². The number of fused-ring (bicyclic) bond motifs is 1. The molecule has 2 aliphatic heterocycles. The standard InChI is InChI=1S/C24H24O2S8/c1-25-15-9-7-14(12-18-33-23(29-5)24(30-6)34-18)20-16(26-2)10-8-13(19(15)20)11-17-31-21(27-3)22(28-4)32-17/h7-12H,1-6H3. The fourth-order valence-corrected chi connectivity index (χ4v) is 13.4. The minimum atomic E-state index is 0.860. The average Bonchev–Trinajstić information content (AvgIpc) is 3.46. The van der Waals surface area contributed by atoms with E-state index in [-0.39, 0.29) is 0 Å². The molecule has 0 fully saturated rings. The molecule has 2 nitrogen and oxygen atoms in total. The van der Waals surface area contributed by atoms with Gasteiger partial charge in [-0.05, 0) is 60.4 Å². The largest absolute Gasteiger partial charge is 0.496 e. The van der Waals surface area contributed by atoms with Crippen molar-refractivity contribution in [3.05, 3.63) is 60.8 Å². The third kappa shape index (κ3) is 5.64. The first-order chi connectivity index (χ1) is 16.6. The smallest absolute Gasteiger partial charge is 0.127 e. The van der Waals surface area contributed by atoms with Crippen LogP contribution in [-0.4, -0.2) is 39.2 Å². The lowest BCUT2D eigenvalue weighted by Gasteiger charge is -2.15. The molecule has 0 N–H and O–H groups in total. The molecule has 0 saturated heterocycles. The second kappa shape index (κ2) is 12.5. The SMILES string of the molecule is COc1ccc(C=C2SC(SC)=C(SC)S2)c2c(OC)ccc(C=C3SC(SC)=C(SC)S3)c12. The van der Waals surface area contributed by atoms with Gasteiger partial charge in [0, 0.05) is 10.8 Å². The zero-order valence-electron chi connectivity index (χ0n) is 19.5. The van der Waals surface area contributed by atoms with Gasteiger partial charge in [0.25, 0.3) is 0 Å². The van der Waals surface area contributed by atoms with Gasteiger partial charge in [-0.1, -0.05) is 59.2 Å². The number of hydrogen-bond donors (Lipinski definition) is 0. The zero-order chi connectivity index (χ0) is 24.2. The summed E-state index contributed by atoms with van der Waals surface area (Å²) >= 11 is 14.7. The van der Waals surface area contributed by atoms with Gasteiger partial charge in [0.2, 0.25) is 0 Å². The molecule has 0 unspecified atom stereocenters. The van der Waals surface area contributed by atoms with Crippen molar-refractivity contribution in [1.29, 1.82) is 0 Å². The topological polar surface area (TPSA) is 18.5 Å². The van der Waals surface area contributed by atoms with E-state index in [9.17, 15) is 0 Å². The molecule has 0 amide bonds. The van der Waals surface area contributed by atoms with Gasteiger partial charge in [0.05, 0.1) is 39.6 Å². The molecular weight excluding hydrogens is 577 g/mol. The van der Waals surface area contributed by atoms with E-state index in [0.29, 0.717) is 0 Å². The first kappa shape index (κ1) is 27.1. The molecule has 4 rings (SSSR count). The van der Waals surface area contributed by atoms with Crippen molar-refractivity contribution in [2.45, 2.75) is 0 Å². The van der Waals surface area contributed by atoms with Crippen LogP contribution in [0.25, 0.3) is 22.9 Å². The zero-order valence-corrected chi connectivity index (χ0v) is 26.1. The number of ether oxygens (including phenoxy) is 2. The van der Waals surface area contributed by atoms with E-state index >= 15 is 0 Å². The minimum absolute atomic E-state index is 0.860. The van der Waals surface area contributed by atoms with Crippen molar-refractivity contribution in [1.82, 2.24) is 0 Å². The highest BCUT2D eigenvalue weighted by Gasteiger charge is 2.23. The van der Waals surface area contributed by atoms with Gasteiger partial charge >= 0.3 is 0 Å². The summed E-state index contributed by atoms with van der Waals surface area (Å²) in [6, 6.07) is 8.44. The Bertz CT molecular complexity index is 1100. The van der Waals surface area contributed by atoms with Crippen LogP contribution in [0.5, 0.6) is 11.5 Å². The molecule has 2 aliphatic rings. The summed E-state index contributed by atoms with van der Waals surface area (Å²) in [5, 5.41) is 2.17. The monoisotopic (exact) mass is 600 g/mol. The summed E-state index contributed by atoms with van der Waals surface area (Å²) in [5.41, 5.74) is 2.29. The number of hydrogen-bond acceptors (Lipinski definition) is 10. The van der Waals surface area contributed by atoms with Crippen molar-refractivity contribution < 1.29 is 9.47 Å². The first-order valence-corrected chi connectivity index (χ1v) is 18.2. The Balaban J connectivity index is 1.84. The Morgan fingerprint density at radius 2 is 0.882 bits per heavy atom. The molecule has 2 aromatic rings. The Kier molecular flexibility index (Phi) is 9.99. The van der Waals surface area contributed by atoms with E-state index in [0.717, 1.165) is 33.4 Å². The van der Waals surface area contributed by atoms with Gasteiger partial charge < -0.3 is 9.47 Å². The molecular formula is C24H24O2S8. The van der Waals surface area contributed by atoms with Crippen LogP contribution >= 0.6 is 94.1 Å². The van der Waals surface area contributed by atoms with Crippen LogP contribution in [0, 0.1) is 0 Å². The molecule has 10 heteroatoms. The Hall–Kier alpha value is 0.0600. The summed E-state index contributed by atoms with van der Waals surface area (Å²) in [6.45, 7) is 0. The summed E-state index contributed by atoms with van der Waals surface area (Å²) in [5.74, 6) is 1.72. The first-order valence-electron chi connectivity index (χ1n) is 10.0. The maximum Gasteiger partial charge on any atom is 0.127 e. The van der Waals surface area contributed by atoms with Crippen molar-refractivity contribution in [3.8, 4) is 11.5 Å². The Morgan fingerprint density at radius 1 is 0.559 bits per heavy atom. The van der Waals surface area contributed by atoms with Crippen molar-refractivity contribution in [2.24, 2.45) is 0 Å². The van der Waals surface area contributed by atoms with E-state index in [1.165, 1.54) is 25.4 Å². The van der Waals surface area contributed by atoms with Crippen molar-refractivity contribution in [2.75, 3.05) is 39.2 Å². The quantitative estimate of drug-likeness (QED) is 0.290. The second-order valence-electron chi connectivity index (χ2n) is 6.77. The lowest BCUT2D eigenvalue weighted by molar-refractivity contribution is 0.415. The van der Waals surface area contributed by atoms with Gasteiger partial charge in [-0.3, -0.25) is 0 Å². The third-order valence-corrected chi connectivity index (χ3v) is 15.2. The fraction of sp³-hybridized carbons (Fsp3) is 0.250. The van der Waals surface area contributed by atoms with Gasteiger partial charge in [-0.15, -0.1) is 47.0 Å². The minimum Gasteiger partial charge on any atom is -0.496 e. The number of methoxy groups -OCH3 is 2. The molecule has 2 aromatic carbocycles. The Labute approximate surface area is 236 Å². The summed E-state index contributed by atoms with van der Waals surface area (Å²) in [7, 11) is 3.48. The molecule has 180 valence electrons. The highest BCUT2D eigenvalue weighted by atomic mass is 32.3. The molecule has 0 bridgehead atoms. The highest BCUT2D eigenvalue weighted by Crippen LogP contribution is 2.58. The predicted molar refractivity (Wildman–Crippen MR) is 171 cm³/mol. The molecule has 0 radical (unpaired) electrons. The third-order valence-electron chi connectivity index (χ3n) is 4.98. The number of thioether (sulfide) groups is 8. The number of benzene rings is 2. The predicted octanol–water partition coefficient (Wildman–Crippen LogP) is 10.1. The average molecular weight is 601 g/mol. The van der Waals surface area contributed by atoms with E-state index in [4.69, 9.17) is 9.47 Å². The van der Waals surface area contributed by atoms with Gasteiger partial charge in [0.1, 0.15) is 11.5 Å². The van der Waals surface area contributed by atoms with Crippen LogP contribution in [0.1, 0.15) is 11.1 Å².